The van der Waals surface area contributed by atoms with Gasteiger partial charge in [-0.3, -0.25) is 10.4 Å². The van der Waals surface area contributed by atoms with Crippen molar-refractivity contribution in [1.29, 1.82) is 5.41 Å². The zero-order valence-electron chi connectivity index (χ0n) is 18.0. The highest BCUT2D eigenvalue weighted by molar-refractivity contribution is 5.68. The molecule has 1 aromatic heterocycles. The van der Waals surface area contributed by atoms with Crippen molar-refractivity contribution < 1.29 is 14.2 Å². The smallest absolute Gasteiger partial charge is 0.279 e. The summed E-state index contributed by atoms with van der Waals surface area (Å²) in [4.78, 5) is 4.35. The van der Waals surface area contributed by atoms with Crippen LogP contribution in [0.5, 0.6) is 5.75 Å². The Morgan fingerprint density at radius 2 is 2.00 bits per heavy atom. The molecule has 0 amide bonds. The van der Waals surface area contributed by atoms with Crippen molar-refractivity contribution >= 4 is 6.02 Å². The zero-order chi connectivity index (χ0) is 21.4. The van der Waals surface area contributed by atoms with E-state index in [9.17, 15) is 0 Å². The molecule has 2 heterocycles. The number of hydrogen-bond acceptors (Lipinski definition) is 5. The summed E-state index contributed by atoms with van der Waals surface area (Å²) in [7, 11) is 0. The SMILES string of the molecule is Cc1cncc(-c2ccc3c(c2)[C@H](COC(=N)N)[C@H]2C[C@@H](OCC4CC4)CCC2O3)c1. The average molecular weight is 422 g/mol. The van der Waals surface area contributed by atoms with Crippen LogP contribution in [0.2, 0.25) is 0 Å². The van der Waals surface area contributed by atoms with Crippen molar-refractivity contribution in [3.05, 3.63) is 47.8 Å². The van der Waals surface area contributed by atoms with E-state index in [-0.39, 0.29) is 30.1 Å². The summed E-state index contributed by atoms with van der Waals surface area (Å²) in [5.74, 6) is 2.09. The zero-order valence-corrected chi connectivity index (χ0v) is 18.0. The van der Waals surface area contributed by atoms with Gasteiger partial charge in [0.05, 0.1) is 12.7 Å². The Hall–Kier alpha value is -2.60. The Morgan fingerprint density at radius 3 is 2.77 bits per heavy atom. The summed E-state index contributed by atoms with van der Waals surface area (Å²) in [6.45, 7) is 3.33. The fraction of sp³-hybridized carbons (Fsp3) is 0.520. The molecule has 164 valence electrons. The predicted octanol–water partition coefficient (Wildman–Crippen LogP) is 4.41. The third kappa shape index (κ3) is 4.54. The lowest BCUT2D eigenvalue weighted by Gasteiger charge is -2.44. The second kappa shape index (κ2) is 8.50. The van der Waals surface area contributed by atoms with E-state index in [1.54, 1.807) is 0 Å². The highest BCUT2D eigenvalue weighted by atomic mass is 16.5. The lowest BCUT2D eigenvalue weighted by atomic mass is 9.72. The topological polar surface area (TPSA) is 90.5 Å². The first-order valence-corrected chi connectivity index (χ1v) is 11.4. The number of nitrogens with zero attached hydrogens (tertiary/aromatic N) is 1. The Morgan fingerprint density at radius 1 is 1.13 bits per heavy atom. The molecule has 0 bridgehead atoms. The number of pyridine rings is 1. The van der Waals surface area contributed by atoms with Gasteiger partial charge in [0.2, 0.25) is 0 Å². The van der Waals surface area contributed by atoms with Gasteiger partial charge in [-0.25, -0.2) is 0 Å². The van der Waals surface area contributed by atoms with E-state index in [1.165, 1.54) is 12.8 Å². The van der Waals surface area contributed by atoms with Gasteiger partial charge in [-0.15, -0.1) is 0 Å². The van der Waals surface area contributed by atoms with Crippen molar-refractivity contribution in [1.82, 2.24) is 4.98 Å². The van der Waals surface area contributed by atoms with Crippen LogP contribution in [0.4, 0.5) is 0 Å². The lowest BCUT2D eigenvalue weighted by Crippen LogP contribution is -2.44. The molecule has 2 aliphatic carbocycles. The van der Waals surface area contributed by atoms with Crippen molar-refractivity contribution in [3.63, 3.8) is 0 Å². The number of amidine groups is 1. The maximum atomic E-state index is 7.58. The quantitative estimate of drug-likeness (QED) is 0.533. The number of ether oxygens (including phenoxy) is 3. The second-order valence-electron chi connectivity index (χ2n) is 9.32. The van der Waals surface area contributed by atoms with E-state index in [4.69, 9.17) is 25.4 Å². The normalized spacial score (nSPS) is 27.0. The molecule has 1 aliphatic heterocycles. The van der Waals surface area contributed by atoms with Crippen molar-refractivity contribution in [2.75, 3.05) is 13.2 Å². The van der Waals surface area contributed by atoms with Crippen LogP contribution in [0.3, 0.4) is 0 Å². The Labute approximate surface area is 183 Å². The van der Waals surface area contributed by atoms with Crippen LogP contribution < -0.4 is 10.5 Å². The Kier molecular flexibility index (Phi) is 5.57. The van der Waals surface area contributed by atoms with Gasteiger partial charge in [-0.05, 0) is 74.3 Å². The number of benzene rings is 1. The molecule has 1 unspecified atom stereocenters. The fourth-order valence-electron chi connectivity index (χ4n) is 5.04. The third-order valence-electron chi connectivity index (χ3n) is 6.88. The van der Waals surface area contributed by atoms with Crippen LogP contribution in [-0.4, -0.2) is 36.4 Å². The van der Waals surface area contributed by atoms with Crippen molar-refractivity contribution in [3.8, 4) is 16.9 Å². The maximum absolute atomic E-state index is 7.58. The van der Waals surface area contributed by atoms with E-state index < -0.39 is 0 Å². The number of aryl methyl sites for hydroxylation is 1. The number of hydrogen-bond donors (Lipinski definition) is 2. The molecule has 5 rings (SSSR count). The van der Waals surface area contributed by atoms with Crippen LogP contribution in [0.25, 0.3) is 11.1 Å². The minimum absolute atomic E-state index is 0.114. The third-order valence-corrected chi connectivity index (χ3v) is 6.88. The molecule has 2 aromatic rings. The van der Waals surface area contributed by atoms with Gasteiger partial charge in [0.25, 0.3) is 6.02 Å². The number of nitrogens with one attached hydrogen (secondary N) is 1. The standard InChI is InChI=1S/C25H31N3O3/c1-15-8-18(12-28-11-15)17-4-6-23-20(9-17)22(14-30-25(26)27)21-10-19(5-7-24(21)31-23)29-13-16-2-3-16/h4,6,8-9,11-12,16,19,21-22,24H,2-3,5,7,10,13-14H2,1H3,(H3,26,27)/t19-,21+,22-,24?/m0/s1. The van der Waals surface area contributed by atoms with E-state index in [1.807, 2.05) is 12.4 Å². The Balaban J connectivity index is 1.43. The molecule has 4 atom stereocenters. The largest absolute Gasteiger partial charge is 0.490 e. The molecule has 1 aromatic carbocycles. The highest BCUT2D eigenvalue weighted by Gasteiger charge is 2.43. The predicted molar refractivity (Wildman–Crippen MR) is 119 cm³/mol. The molecule has 6 nitrogen and oxygen atoms in total. The molecule has 3 aliphatic rings. The first-order valence-electron chi connectivity index (χ1n) is 11.4. The van der Waals surface area contributed by atoms with Crippen LogP contribution in [0, 0.1) is 24.2 Å². The monoisotopic (exact) mass is 421 g/mol. The molecule has 0 radical (unpaired) electrons. The molecule has 0 spiro atoms. The average Bonchev–Trinajstić information content (AvgIpc) is 3.59. The van der Waals surface area contributed by atoms with E-state index >= 15 is 0 Å². The van der Waals surface area contributed by atoms with E-state index in [2.05, 4.69) is 36.2 Å². The molecular weight excluding hydrogens is 390 g/mol. The molecule has 2 saturated carbocycles. The molecule has 3 N–H and O–H groups in total. The van der Waals surface area contributed by atoms with Gasteiger partial charge in [0.1, 0.15) is 11.9 Å². The minimum atomic E-state index is -0.235. The second-order valence-corrected chi connectivity index (χ2v) is 9.32. The van der Waals surface area contributed by atoms with E-state index in [0.717, 1.165) is 59.8 Å². The van der Waals surface area contributed by atoms with Crippen LogP contribution in [0.15, 0.2) is 36.7 Å². The molecule has 6 heteroatoms. The van der Waals surface area contributed by atoms with E-state index in [0.29, 0.717) is 6.61 Å². The maximum Gasteiger partial charge on any atom is 0.279 e. The minimum Gasteiger partial charge on any atom is -0.490 e. The van der Waals surface area contributed by atoms with Gasteiger partial charge >= 0.3 is 0 Å². The van der Waals surface area contributed by atoms with Gasteiger partial charge < -0.3 is 19.9 Å². The van der Waals surface area contributed by atoms with Crippen LogP contribution in [-0.2, 0) is 9.47 Å². The van der Waals surface area contributed by atoms with Gasteiger partial charge in [-0.2, -0.15) is 0 Å². The number of aromatic nitrogens is 1. The van der Waals surface area contributed by atoms with Gasteiger partial charge in [-0.1, -0.05) is 6.07 Å². The molecule has 2 fully saturated rings. The Bertz CT molecular complexity index is 959. The highest BCUT2D eigenvalue weighted by Crippen LogP contribution is 2.47. The number of rotatable bonds is 6. The van der Waals surface area contributed by atoms with Gasteiger partial charge in [0, 0.05) is 42.0 Å². The summed E-state index contributed by atoms with van der Waals surface area (Å²) in [6.07, 6.45) is 9.78. The number of fused-ring (bicyclic) bond motifs is 2. The lowest BCUT2D eigenvalue weighted by molar-refractivity contribution is -0.0475. The van der Waals surface area contributed by atoms with Crippen LogP contribution in [0.1, 0.15) is 49.1 Å². The molecule has 0 saturated heterocycles. The molecular formula is C25H31N3O3. The fourth-order valence-corrected chi connectivity index (χ4v) is 5.04. The summed E-state index contributed by atoms with van der Waals surface area (Å²) < 4.78 is 18.3. The summed E-state index contributed by atoms with van der Waals surface area (Å²) >= 11 is 0. The van der Waals surface area contributed by atoms with Crippen molar-refractivity contribution in [2.24, 2.45) is 17.6 Å². The van der Waals surface area contributed by atoms with Crippen LogP contribution >= 0.6 is 0 Å². The summed E-state index contributed by atoms with van der Waals surface area (Å²) in [5.41, 5.74) is 10.0. The first kappa shape index (κ1) is 20.3. The van der Waals surface area contributed by atoms with Gasteiger partial charge in [0.15, 0.2) is 0 Å². The number of nitrogens with two attached hydrogens (primary N) is 1. The summed E-state index contributed by atoms with van der Waals surface area (Å²) in [5, 5.41) is 7.58. The first-order chi connectivity index (χ1) is 15.1. The molecule has 31 heavy (non-hydrogen) atoms. The van der Waals surface area contributed by atoms with Crippen molar-refractivity contribution in [2.45, 2.75) is 57.2 Å². The summed E-state index contributed by atoms with van der Waals surface area (Å²) in [6, 6.07) is 8.28.